The number of halogens is 2. The van der Waals surface area contributed by atoms with Gasteiger partial charge in [0.25, 0.3) is 5.91 Å². The number of hydrogen-bond acceptors (Lipinski definition) is 5. The molecular weight excluding hydrogens is 358 g/mol. The molecule has 148 valence electrons. The van der Waals surface area contributed by atoms with Crippen LogP contribution in [0.15, 0.2) is 18.2 Å². The molecule has 1 heterocycles. The first-order valence-electron chi connectivity index (χ1n) is 9.05. The number of amides is 2. The highest BCUT2D eigenvalue weighted by Crippen LogP contribution is 2.21. The van der Waals surface area contributed by atoms with Gasteiger partial charge in [-0.15, -0.1) is 0 Å². The monoisotopic (exact) mass is 382 g/mol. The number of hydrazine groups is 1. The number of nitrogens with one attached hydrogen (secondary N) is 4. The predicted octanol–water partition coefficient (Wildman–Crippen LogP) is 0.613. The van der Waals surface area contributed by atoms with Gasteiger partial charge in [0.15, 0.2) is 0 Å². The van der Waals surface area contributed by atoms with Crippen LogP contribution in [-0.4, -0.2) is 49.7 Å². The molecule has 1 saturated heterocycles. The second-order valence-corrected chi connectivity index (χ2v) is 6.92. The van der Waals surface area contributed by atoms with Crippen LogP contribution in [0.1, 0.15) is 36.0 Å². The highest BCUT2D eigenvalue weighted by Gasteiger charge is 2.35. The second-order valence-electron chi connectivity index (χ2n) is 6.92. The molecule has 2 unspecified atom stereocenters. The summed E-state index contributed by atoms with van der Waals surface area (Å²) in [7, 11) is 1.69. The number of benzene rings is 1. The Labute approximate surface area is 156 Å². The van der Waals surface area contributed by atoms with Crippen LogP contribution in [-0.2, 0) is 9.53 Å². The molecule has 0 aromatic heterocycles. The fourth-order valence-corrected chi connectivity index (χ4v) is 3.53. The summed E-state index contributed by atoms with van der Waals surface area (Å²) >= 11 is 0. The molecule has 4 N–H and O–H groups in total. The maximum Gasteiger partial charge on any atom is 0.254 e. The second kappa shape index (κ2) is 8.73. The lowest BCUT2D eigenvalue weighted by molar-refractivity contribution is -0.124. The standard InChI is InChI=1S/C18H24F2N4O3/c1-27-12-5-3-11(4-6-12)22-18(26)16-15(9-21-24-16)23-17(25)13-7-2-10(19)8-14(13)20/h2,7-8,11-12,15-16,21,24H,3-6,9H2,1H3,(H,22,26)(H,23,25). The number of carbonyl (C=O) groups excluding carboxylic acids is 2. The minimum atomic E-state index is -0.942. The van der Waals surface area contributed by atoms with Gasteiger partial charge in [-0.25, -0.2) is 14.2 Å². The molecule has 9 heteroatoms. The third-order valence-corrected chi connectivity index (χ3v) is 5.11. The van der Waals surface area contributed by atoms with E-state index in [1.165, 1.54) is 0 Å². The van der Waals surface area contributed by atoms with Gasteiger partial charge in [-0.1, -0.05) is 0 Å². The lowest BCUT2D eigenvalue weighted by atomic mass is 9.92. The Morgan fingerprint density at radius 2 is 1.89 bits per heavy atom. The molecule has 1 aromatic carbocycles. The Kier molecular flexibility index (Phi) is 6.35. The summed E-state index contributed by atoms with van der Waals surface area (Å²) in [6.45, 7) is 0.309. The molecule has 2 amide bonds. The predicted molar refractivity (Wildman–Crippen MR) is 93.7 cm³/mol. The van der Waals surface area contributed by atoms with Gasteiger partial charge in [0.1, 0.15) is 17.7 Å². The minimum Gasteiger partial charge on any atom is -0.381 e. The molecule has 2 atom stereocenters. The van der Waals surface area contributed by atoms with Gasteiger partial charge >= 0.3 is 0 Å². The summed E-state index contributed by atoms with van der Waals surface area (Å²) < 4.78 is 32.1. The van der Waals surface area contributed by atoms with Crippen molar-refractivity contribution in [1.29, 1.82) is 0 Å². The fraction of sp³-hybridized carbons (Fsp3) is 0.556. The van der Waals surface area contributed by atoms with Crippen molar-refractivity contribution in [2.24, 2.45) is 0 Å². The Hall–Kier alpha value is -2.10. The maximum atomic E-state index is 13.8. The molecule has 1 aliphatic heterocycles. The van der Waals surface area contributed by atoms with E-state index in [2.05, 4.69) is 21.5 Å². The first kappa shape index (κ1) is 19.7. The fourth-order valence-electron chi connectivity index (χ4n) is 3.53. The van der Waals surface area contributed by atoms with E-state index in [4.69, 9.17) is 4.74 Å². The molecular formula is C18H24F2N4O3. The Balaban J connectivity index is 1.56. The van der Waals surface area contributed by atoms with Gasteiger partial charge in [-0.05, 0) is 37.8 Å². The van der Waals surface area contributed by atoms with E-state index >= 15 is 0 Å². The van der Waals surface area contributed by atoms with E-state index in [0.29, 0.717) is 12.6 Å². The van der Waals surface area contributed by atoms with Crippen LogP contribution < -0.4 is 21.5 Å². The van der Waals surface area contributed by atoms with E-state index in [0.717, 1.165) is 37.8 Å². The summed E-state index contributed by atoms with van der Waals surface area (Å²) in [5.41, 5.74) is 5.42. The van der Waals surface area contributed by atoms with Crippen LogP contribution in [0.25, 0.3) is 0 Å². The van der Waals surface area contributed by atoms with Gasteiger partial charge in [0, 0.05) is 25.8 Å². The number of hydrogen-bond donors (Lipinski definition) is 4. The van der Waals surface area contributed by atoms with Crippen LogP contribution in [0.2, 0.25) is 0 Å². The van der Waals surface area contributed by atoms with E-state index < -0.39 is 29.6 Å². The highest BCUT2D eigenvalue weighted by molar-refractivity contribution is 5.95. The molecule has 0 bridgehead atoms. The van der Waals surface area contributed by atoms with Crippen molar-refractivity contribution in [3.05, 3.63) is 35.4 Å². The lowest BCUT2D eigenvalue weighted by Gasteiger charge is -2.29. The zero-order valence-corrected chi connectivity index (χ0v) is 15.1. The summed E-state index contributed by atoms with van der Waals surface area (Å²) in [5.74, 6) is -2.62. The van der Waals surface area contributed by atoms with Crippen molar-refractivity contribution in [2.45, 2.75) is 49.9 Å². The smallest absolute Gasteiger partial charge is 0.254 e. The molecule has 0 spiro atoms. The Morgan fingerprint density at radius 3 is 2.56 bits per heavy atom. The van der Waals surface area contributed by atoms with E-state index in [1.54, 1.807) is 7.11 Å². The molecule has 1 aromatic rings. The molecule has 7 nitrogen and oxygen atoms in total. The topological polar surface area (TPSA) is 91.5 Å². The quantitative estimate of drug-likeness (QED) is 0.599. The molecule has 2 fully saturated rings. The van der Waals surface area contributed by atoms with Crippen LogP contribution >= 0.6 is 0 Å². The summed E-state index contributed by atoms with van der Waals surface area (Å²) in [4.78, 5) is 24.9. The van der Waals surface area contributed by atoms with Crippen molar-refractivity contribution in [3.63, 3.8) is 0 Å². The van der Waals surface area contributed by atoms with Crippen LogP contribution in [0.5, 0.6) is 0 Å². The number of rotatable bonds is 5. The first-order valence-corrected chi connectivity index (χ1v) is 9.05. The third kappa shape index (κ3) is 4.79. The largest absolute Gasteiger partial charge is 0.381 e. The van der Waals surface area contributed by atoms with Gasteiger partial charge in [-0.3, -0.25) is 15.0 Å². The zero-order valence-electron chi connectivity index (χ0n) is 15.1. The number of carbonyl (C=O) groups is 2. The van der Waals surface area contributed by atoms with Crippen molar-refractivity contribution < 1.29 is 23.1 Å². The van der Waals surface area contributed by atoms with Crippen LogP contribution in [0.4, 0.5) is 8.78 Å². The molecule has 2 aliphatic rings. The molecule has 3 rings (SSSR count). The van der Waals surface area contributed by atoms with Crippen molar-refractivity contribution >= 4 is 11.8 Å². The number of ether oxygens (including phenoxy) is 1. The SMILES string of the molecule is COC1CCC(NC(=O)C2NNCC2NC(=O)c2ccc(F)cc2F)CC1. The van der Waals surface area contributed by atoms with E-state index in [9.17, 15) is 18.4 Å². The Morgan fingerprint density at radius 1 is 1.15 bits per heavy atom. The highest BCUT2D eigenvalue weighted by atomic mass is 19.1. The lowest BCUT2D eigenvalue weighted by Crippen LogP contribution is -2.55. The number of methoxy groups -OCH3 is 1. The summed E-state index contributed by atoms with van der Waals surface area (Å²) in [6.07, 6.45) is 3.69. The van der Waals surface area contributed by atoms with Crippen molar-refractivity contribution in [2.75, 3.05) is 13.7 Å². The zero-order chi connectivity index (χ0) is 19.4. The van der Waals surface area contributed by atoms with Crippen LogP contribution in [0, 0.1) is 11.6 Å². The van der Waals surface area contributed by atoms with Crippen LogP contribution in [0.3, 0.4) is 0 Å². The summed E-state index contributed by atoms with van der Waals surface area (Å²) in [6, 6.07) is 1.58. The third-order valence-electron chi connectivity index (χ3n) is 5.11. The van der Waals surface area contributed by atoms with Gasteiger partial charge in [0.05, 0.1) is 17.7 Å². The average molecular weight is 382 g/mol. The van der Waals surface area contributed by atoms with E-state index in [-0.39, 0.29) is 23.6 Å². The summed E-state index contributed by atoms with van der Waals surface area (Å²) in [5, 5.41) is 5.63. The van der Waals surface area contributed by atoms with Crippen molar-refractivity contribution in [1.82, 2.24) is 21.5 Å². The van der Waals surface area contributed by atoms with Crippen molar-refractivity contribution in [3.8, 4) is 0 Å². The molecule has 0 radical (unpaired) electrons. The minimum absolute atomic E-state index is 0.0668. The maximum absolute atomic E-state index is 13.8. The van der Waals surface area contributed by atoms with Gasteiger partial charge in [0.2, 0.25) is 5.91 Å². The van der Waals surface area contributed by atoms with Gasteiger partial charge < -0.3 is 15.4 Å². The van der Waals surface area contributed by atoms with Gasteiger partial charge in [-0.2, -0.15) is 0 Å². The molecule has 1 saturated carbocycles. The van der Waals surface area contributed by atoms with E-state index in [1.807, 2.05) is 0 Å². The first-order chi connectivity index (χ1) is 13.0. The average Bonchev–Trinajstić information content (AvgIpc) is 3.10. The molecule has 27 heavy (non-hydrogen) atoms. The Bertz CT molecular complexity index is 695. The molecule has 1 aliphatic carbocycles. The normalized spacial score (nSPS) is 28.0.